The molecule has 12 heavy (non-hydrogen) atoms. The van der Waals surface area contributed by atoms with Gasteiger partial charge < -0.3 is 10.2 Å². The van der Waals surface area contributed by atoms with Crippen molar-refractivity contribution < 1.29 is 4.42 Å². The SMILES string of the molecule is NC1CCN(Cc2ccco2)C1. The Bertz CT molecular complexity index is 233. The van der Waals surface area contributed by atoms with E-state index in [-0.39, 0.29) is 0 Å². The second kappa shape index (κ2) is 3.29. The molecule has 1 aliphatic heterocycles. The van der Waals surface area contributed by atoms with Gasteiger partial charge in [-0.05, 0) is 18.6 Å². The predicted octanol–water partition coefficient (Wildman–Crippen LogP) is 0.813. The van der Waals surface area contributed by atoms with E-state index in [1.54, 1.807) is 6.26 Å². The Hall–Kier alpha value is -0.800. The normalized spacial score (nSPS) is 24.9. The smallest absolute Gasteiger partial charge is 0.117 e. The van der Waals surface area contributed by atoms with Gasteiger partial charge in [0.05, 0.1) is 12.8 Å². The van der Waals surface area contributed by atoms with Crippen molar-refractivity contribution in [1.29, 1.82) is 0 Å². The lowest BCUT2D eigenvalue weighted by atomic mass is 10.3. The van der Waals surface area contributed by atoms with E-state index in [0.717, 1.165) is 31.8 Å². The van der Waals surface area contributed by atoms with Crippen molar-refractivity contribution in [2.45, 2.75) is 19.0 Å². The van der Waals surface area contributed by atoms with Crippen LogP contribution in [0.25, 0.3) is 0 Å². The van der Waals surface area contributed by atoms with E-state index in [1.165, 1.54) is 0 Å². The molecular weight excluding hydrogens is 152 g/mol. The van der Waals surface area contributed by atoms with Crippen molar-refractivity contribution >= 4 is 0 Å². The number of hydrogen-bond acceptors (Lipinski definition) is 3. The summed E-state index contributed by atoms with van der Waals surface area (Å²) < 4.78 is 5.25. The van der Waals surface area contributed by atoms with E-state index in [0.29, 0.717) is 6.04 Å². The number of nitrogens with two attached hydrogens (primary N) is 1. The van der Waals surface area contributed by atoms with Crippen LogP contribution in [-0.4, -0.2) is 24.0 Å². The van der Waals surface area contributed by atoms with Gasteiger partial charge in [0, 0.05) is 19.1 Å². The summed E-state index contributed by atoms with van der Waals surface area (Å²) in [6.07, 6.45) is 2.83. The fraction of sp³-hybridized carbons (Fsp3) is 0.556. The molecule has 0 saturated carbocycles. The lowest BCUT2D eigenvalue weighted by Gasteiger charge is -2.12. The summed E-state index contributed by atoms with van der Waals surface area (Å²) in [5.74, 6) is 1.03. The van der Waals surface area contributed by atoms with E-state index >= 15 is 0 Å². The van der Waals surface area contributed by atoms with Crippen molar-refractivity contribution in [2.75, 3.05) is 13.1 Å². The molecule has 2 heterocycles. The van der Waals surface area contributed by atoms with Gasteiger partial charge in [-0.15, -0.1) is 0 Å². The summed E-state index contributed by atoms with van der Waals surface area (Å²) in [7, 11) is 0. The highest BCUT2D eigenvalue weighted by atomic mass is 16.3. The molecule has 0 bridgehead atoms. The standard InChI is InChI=1S/C9H14N2O/c10-8-3-4-11(6-8)7-9-2-1-5-12-9/h1-2,5,8H,3-4,6-7,10H2. The van der Waals surface area contributed by atoms with Gasteiger partial charge in [-0.25, -0.2) is 0 Å². The van der Waals surface area contributed by atoms with Gasteiger partial charge in [0.15, 0.2) is 0 Å². The Morgan fingerprint density at radius 1 is 1.67 bits per heavy atom. The van der Waals surface area contributed by atoms with Crippen LogP contribution < -0.4 is 5.73 Å². The van der Waals surface area contributed by atoms with Gasteiger partial charge in [0.2, 0.25) is 0 Å². The Morgan fingerprint density at radius 2 is 2.58 bits per heavy atom. The molecule has 3 nitrogen and oxygen atoms in total. The molecule has 2 rings (SSSR count). The summed E-state index contributed by atoms with van der Waals surface area (Å²) >= 11 is 0. The molecule has 1 atom stereocenters. The molecule has 2 N–H and O–H groups in total. The predicted molar refractivity (Wildman–Crippen MR) is 46.6 cm³/mol. The van der Waals surface area contributed by atoms with Crippen molar-refractivity contribution in [3.8, 4) is 0 Å². The van der Waals surface area contributed by atoms with Gasteiger partial charge in [-0.1, -0.05) is 0 Å². The fourth-order valence-electron chi connectivity index (χ4n) is 1.63. The number of hydrogen-bond donors (Lipinski definition) is 1. The Morgan fingerprint density at radius 3 is 3.17 bits per heavy atom. The molecule has 1 fully saturated rings. The van der Waals surface area contributed by atoms with Gasteiger partial charge in [0.1, 0.15) is 5.76 Å². The van der Waals surface area contributed by atoms with E-state index in [2.05, 4.69) is 4.90 Å². The number of rotatable bonds is 2. The molecule has 1 aliphatic rings. The number of likely N-dealkylation sites (tertiary alicyclic amines) is 1. The summed E-state index contributed by atoms with van der Waals surface area (Å²) in [5, 5.41) is 0. The van der Waals surface area contributed by atoms with E-state index in [1.807, 2.05) is 12.1 Å². The van der Waals surface area contributed by atoms with Gasteiger partial charge in [0.25, 0.3) is 0 Å². The zero-order valence-corrected chi connectivity index (χ0v) is 7.07. The molecule has 1 unspecified atom stereocenters. The van der Waals surface area contributed by atoms with Crippen molar-refractivity contribution in [3.63, 3.8) is 0 Å². The third kappa shape index (κ3) is 1.68. The highest BCUT2D eigenvalue weighted by Gasteiger charge is 2.19. The maximum atomic E-state index is 5.78. The molecule has 0 radical (unpaired) electrons. The quantitative estimate of drug-likeness (QED) is 0.707. The van der Waals surface area contributed by atoms with E-state index in [9.17, 15) is 0 Å². The van der Waals surface area contributed by atoms with E-state index < -0.39 is 0 Å². The largest absolute Gasteiger partial charge is 0.468 e. The molecule has 66 valence electrons. The average Bonchev–Trinajstić information content (AvgIpc) is 2.63. The first-order valence-corrected chi connectivity index (χ1v) is 4.35. The van der Waals surface area contributed by atoms with Crippen LogP contribution in [0.2, 0.25) is 0 Å². The Balaban J connectivity index is 1.88. The summed E-state index contributed by atoms with van der Waals surface area (Å²) in [6, 6.07) is 4.29. The molecular formula is C9H14N2O. The topological polar surface area (TPSA) is 42.4 Å². The summed E-state index contributed by atoms with van der Waals surface area (Å²) in [5.41, 5.74) is 5.78. The van der Waals surface area contributed by atoms with Crippen LogP contribution in [0.3, 0.4) is 0 Å². The lowest BCUT2D eigenvalue weighted by molar-refractivity contribution is 0.294. The fourth-order valence-corrected chi connectivity index (χ4v) is 1.63. The lowest BCUT2D eigenvalue weighted by Crippen LogP contribution is -2.26. The van der Waals surface area contributed by atoms with Crippen LogP contribution in [-0.2, 0) is 6.54 Å². The third-order valence-corrected chi connectivity index (χ3v) is 2.27. The minimum Gasteiger partial charge on any atom is -0.468 e. The number of nitrogens with zero attached hydrogens (tertiary/aromatic N) is 1. The minimum atomic E-state index is 0.361. The Kier molecular flexibility index (Phi) is 2.15. The Labute approximate surface area is 72.1 Å². The summed E-state index contributed by atoms with van der Waals surface area (Å²) in [6.45, 7) is 3.00. The van der Waals surface area contributed by atoms with Crippen molar-refractivity contribution in [1.82, 2.24) is 4.90 Å². The third-order valence-electron chi connectivity index (χ3n) is 2.27. The van der Waals surface area contributed by atoms with Crippen molar-refractivity contribution in [3.05, 3.63) is 24.2 Å². The van der Waals surface area contributed by atoms with Crippen LogP contribution in [0.15, 0.2) is 22.8 Å². The molecule has 0 amide bonds. The van der Waals surface area contributed by atoms with Crippen LogP contribution in [0, 0.1) is 0 Å². The monoisotopic (exact) mass is 166 g/mol. The minimum absolute atomic E-state index is 0.361. The second-order valence-electron chi connectivity index (χ2n) is 3.36. The van der Waals surface area contributed by atoms with Crippen molar-refractivity contribution in [2.24, 2.45) is 5.73 Å². The first-order chi connectivity index (χ1) is 5.84. The average molecular weight is 166 g/mol. The molecule has 1 aromatic rings. The maximum Gasteiger partial charge on any atom is 0.117 e. The van der Waals surface area contributed by atoms with Gasteiger partial charge in [-0.2, -0.15) is 0 Å². The maximum absolute atomic E-state index is 5.78. The van der Waals surface area contributed by atoms with Gasteiger partial charge >= 0.3 is 0 Å². The highest BCUT2D eigenvalue weighted by molar-refractivity contribution is 4.98. The first kappa shape index (κ1) is 7.83. The van der Waals surface area contributed by atoms with Crippen LogP contribution in [0.1, 0.15) is 12.2 Å². The molecule has 0 aliphatic carbocycles. The highest BCUT2D eigenvalue weighted by Crippen LogP contribution is 2.11. The molecule has 1 saturated heterocycles. The van der Waals surface area contributed by atoms with E-state index in [4.69, 9.17) is 10.2 Å². The number of furan rings is 1. The molecule has 1 aromatic heterocycles. The van der Waals surface area contributed by atoms with Crippen LogP contribution in [0.5, 0.6) is 0 Å². The summed E-state index contributed by atoms with van der Waals surface area (Å²) in [4.78, 5) is 2.32. The van der Waals surface area contributed by atoms with Gasteiger partial charge in [-0.3, -0.25) is 4.90 Å². The first-order valence-electron chi connectivity index (χ1n) is 4.35. The molecule has 0 aromatic carbocycles. The zero-order chi connectivity index (χ0) is 8.39. The molecule has 3 heteroatoms. The molecule has 0 spiro atoms. The second-order valence-corrected chi connectivity index (χ2v) is 3.36. The van der Waals surface area contributed by atoms with Crippen LogP contribution in [0.4, 0.5) is 0 Å². The van der Waals surface area contributed by atoms with Crippen LogP contribution >= 0.6 is 0 Å². The zero-order valence-electron chi connectivity index (χ0n) is 7.07.